The zero-order valence-electron chi connectivity index (χ0n) is 11.1. The van der Waals surface area contributed by atoms with Gasteiger partial charge in [0.25, 0.3) is 5.92 Å². The van der Waals surface area contributed by atoms with Gasteiger partial charge in [0.05, 0.1) is 11.3 Å². The largest absolute Gasteiger partial charge is 0.481 e. The first-order valence-corrected chi connectivity index (χ1v) is 7.83. The lowest BCUT2D eigenvalue weighted by Gasteiger charge is -2.30. The maximum absolute atomic E-state index is 13.1. The van der Waals surface area contributed by atoms with Crippen LogP contribution in [0.4, 0.5) is 8.78 Å². The minimum absolute atomic E-state index is 0.0122. The van der Waals surface area contributed by atoms with Crippen molar-refractivity contribution >= 4 is 16.0 Å². The average molecular weight is 319 g/mol. The van der Waals surface area contributed by atoms with Crippen LogP contribution in [0.2, 0.25) is 0 Å². The van der Waals surface area contributed by atoms with Gasteiger partial charge in [-0.3, -0.25) is 4.79 Å². The van der Waals surface area contributed by atoms with Crippen molar-refractivity contribution in [2.24, 2.45) is 0 Å². The summed E-state index contributed by atoms with van der Waals surface area (Å²) in [5, 5.41) is 8.65. The Kier molecular flexibility index (Phi) is 4.29. The van der Waals surface area contributed by atoms with Crippen molar-refractivity contribution in [3.05, 3.63) is 29.8 Å². The molecular weight excluding hydrogens is 304 g/mol. The Bertz CT molecular complexity index is 618. The van der Waals surface area contributed by atoms with Crippen LogP contribution in [0, 0.1) is 0 Å². The van der Waals surface area contributed by atoms with E-state index in [0.29, 0.717) is 5.56 Å². The second kappa shape index (κ2) is 5.69. The molecule has 1 fully saturated rings. The highest BCUT2D eigenvalue weighted by molar-refractivity contribution is 7.89. The van der Waals surface area contributed by atoms with Gasteiger partial charge in [-0.25, -0.2) is 17.2 Å². The molecule has 0 aromatic heterocycles. The highest BCUT2D eigenvalue weighted by atomic mass is 32.2. The minimum Gasteiger partial charge on any atom is -0.481 e. The van der Waals surface area contributed by atoms with Gasteiger partial charge in [-0.15, -0.1) is 0 Å². The molecule has 1 N–H and O–H groups in total. The van der Waals surface area contributed by atoms with Crippen molar-refractivity contribution in [3.63, 3.8) is 0 Å². The molecule has 0 unspecified atom stereocenters. The molecule has 1 aromatic carbocycles. The summed E-state index contributed by atoms with van der Waals surface area (Å²) in [6, 6.07) is 5.44. The Morgan fingerprint density at radius 3 is 2.19 bits per heavy atom. The van der Waals surface area contributed by atoms with Crippen LogP contribution < -0.4 is 0 Å². The molecule has 0 aliphatic carbocycles. The predicted octanol–water partition coefficient (Wildman–Crippen LogP) is 1.73. The number of halogens is 2. The first-order valence-electron chi connectivity index (χ1n) is 6.39. The molecule has 1 aromatic rings. The van der Waals surface area contributed by atoms with Crippen LogP contribution in [0.15, 0.2) is 29.2 Å². The van der Waals surface area contributed by atoms with Gasteiger partial charge < -0.3 is 5.11 Å². The molecule has 1 aliphatic heterocycles. The molecule has 1 aliphatic rings. The van der Waals surface area contributed by atoms with E-state index in [-0.39, 0.29) is 24.4 Å². The van der Waals surface area contributed by atoms with E-state index >= 15 is 0 Å². The maximum Gasteiger partial charge on any atom is 0.307 e. The van der Waals surface area contributed by atoms with Gasteiger partial charge in [0.15, 0.2) is 0 Å². The van der Waals surface area contributed by atoms with Crippen molar-refractivity contribution in [3.8, 4) is 0 Å². The first kappa shape index (κ1) is 15.8. The Morgan fingerprint density at radius 1 is 1.19 bits per heavy atom. The number of alkyl halides is 2. The number of hydrogen-bond donors (Lipinski definition) is 1. The molecule has 0 atom stereocenters. The minimum atomic E-state index is -3.80. The molecule has 21 heavy (non-hydrogen) atoms. The van der Waals surface area contributed by atoms with Crippen molar-refractivity contribution in [1.82, 2.24) is 4.31 Å². The Balaban J connectivity index is 2.14. The smallest absolute Gasteiger partial charge is 0.307 e. The van der Waals surface area contributed by atoms with Crippen LogP contribution in [-0.2, 0) is 21.2 Å². The summed E-state index contributed by atoms with van der Waals surface area (Å²) in [6.45, 7) is -0.432. The first-order chi connectivity index (χ1) is 9.71. The van der Waals surface area contributed by atoms with Gasteiger partial charge in [-0.2, -0.15) is 4.31 Å². The summed E-state index contributed by atoms with van der Waals surface area (Å²) in [5.74, 6) is -3.82. The number of carboxylic acids is 1. The van der Waals surface area contributed by atoms with Crippen LogP contribution >= 0.6 is 0 Å². The lowest BCUT2D eigenvalue weighted by Crippen LogP contribution is -2.42. The number of benzene rings is 1. The fraction of sp³-hybridized carbons (Fsp3) is 0.462. The van der Waals surface area contributed by atoms with Gasteiger partial charge in [0, 0.05) is 25.9 Å². The molecule has 1 saturated heterocycles. The van der Waals surface area contributed by atoms with Crippen LogP contribution in [0.25, 0.3) is 0 Å². The van der Waals surface area contributed by atoms with E-state index < -0.39 is 34.8 Å². The fourth-order valence-corrected chi connectivity index (χ4v) is 3.60. The van der Waals surface area contributed by atoms with Gasteiger partial charge in [-0.1, -0.05) is 12.1 Å². The Labute approximate surface area is 121 Å². The Morgan fingerprint density at radius 2 is 1.71 bits per heavy atom. The van der Waals surface area contributed by atoms with Gasteiger partial charge in [-0.05, 0) is 17.7 Å². The summed E-state index contributed by atoms with van der Waals surface area (Å²) in [6.07, 6.45) is -1.16. The quantitative estimate of drug-likeness (QED) is 0.917. The van der Waals surface area contributed by atoms with E-state index in [1.54, 1.807) is 0 Å². The van der Waals surface area contributed by atoms with Crippen LogP contribution in [0.3, 0.4) is 0 Å². The average Bonchev–Trinajstić information content (AvgIpc) is 2.38. The number of hydrogen-bond acceptors (Lipinski definition) is 3. The van der Waals surface area contributed by atoms with E-state index in [0.717, 1.165) is 4.31 Å². The zero-order chi connectivity index (χ0) is 15.7. The molecule has 0 saturated carbocycles. The highest BCUT2D eigenvalue weighted by Gasteiger charge is 2.38. The molecule has 1 heterocycles. The number of rotatable bonds is 4. The topological polar surface area (TPSA) is 74.7 Å². The number of piperidine rings is 1. The molecule has 8 heteroatoms. The van der Waals surface area contributed by atoms with Gasteiger partial charge in [0.2, 0.25) is 10.0 Å². The summed E-state index contributed by atoms with van der Waals surface area (Å²) < 4.78 is 51.8. The lowest BCUT2D eigenvalue weighted by molar-refractivity contribution is -0.136. The second-order valence-corrected chi connectivity index (χ2v) is 6.91. The third kappa shape index (κ3) is 3.76. The summed E-state index contributed by atoms with van der Waals surface area (Å²) in [5.41, 5.74) is 0.478. The van der Waals surface area contributed by atoms with Crippen LogP contribution in [0.5, 0.6) is 0 Å². The number of aliphatic carboxylic acids is 1. The lowest BCUT2D eigenvalue weighted by atomic mass is 10.1. The predicted molar refractivity (Wildman–Crippen MR) is 70.7 cm³/mol. The fourth-order valence-electron chi connectivity index (χ4n) is 2.16. The van der Waals surface area contributed by atoms with E-state index in [1.807, 2.05) is 0 Å². The molecule has 5 nitrogen and oxygen atoms in total. The molecule has 0 spiro atoms. The Hall–Kier alpha value is -1.54. The normalized spacial score (nSPS) is 19.3. The van der Waals surface area contributed by atoms with Crippen molar-refractivity contribution < 1.29 is 27.1 Å². The second-order valence-electron chi connectivity index (χ2n) is 4.97. The summed E-state index contributed by atoms with van der Waals surface area (Å²) >= 11 is 0. The van der Waals surface area contributed by atoms with E-state index in [9.17, 15) is 22.0 Å². The summed E-state index contributed by atoms with van der Waals surface area (Å²) in [4.78, 5) is 10.5. The third-order valence-electron chi connectivity index (χ3n) is 3.37. The summed E-state index contributed by atoms with van der Waals surface area (Å²) in [7, 11) is -3.80. The molecule has 116 valence electrons. The van der Waals surface area contributed by atoms with Gasteiger partial charge >= 0.3 is 5.97 Å². The van der Waals surface area contributed by atoms with Crippen molar-refractivity contribution in [2.45, 2.75) is 30.1 Å². The van der Waals surface area contributed by atoms with Crippen LogP contribution in [0.1, 0.15) is 18.4 Å². The molecule has 0 bridgehead atoms. The van der Waals surface area contributed by atoms with E-state index in [1.165, 1.54) is 24.3 Å². The number of nitrogens with zero attached hydrogens (tertiary/aromatic N) is 1. The van der Waals surface area contributed by atoms with E-state index in [4.69, 9.17) is 5.11 Å². The zero-order valence-corrected chi connectivity index (χ0v) is 11.9. The van der Waals surface area contributed by atoms with E-state index in [2.05, 4.69) is 0 Å². The highest BCUT2D eigenvalue weighted by Crippen LogP contribution is 2.30. The maximum atomic E-state index is 13.1. The van der Waals surface area contributed by atoms with Crippen molar-refractivity contribution in [1.29, 1.82) is 0 Å². The van der Waals surface area contributed by atoms with Crippen molar-refractivity contribution in [2.75, 3.05) is 13.1 Å². The van der Waals surface area contributed by atoms with Crippen LogP contribution in [-0.4, -0.2) is 42.8 Å². The number of carbonyl (C=O) groups is 1. The monoisotopic (exact) mass is 319 g/mol. The number of carboxylic acid groups (broad SMARTS) is 1. The molecule has 0 radical (unpaired) electrons. The molecule has 2 rings (SSSR count). The van der Waals surface area contributed by atoms with Gasteiger partial charge in [0.1, 0.15) is 0 Å². The SMILES string of the molecule is O=C(O)Cc1ccc(S(=O)(=O)N2CCC(F)(F)CC2)cc1. The third-order valence-corrected chi connectivity index (χ3v) is 5.28. The number of sulfonamides is 1. The molecular formula is C13H15F2NO4S. The molecule has 0 amide bonds. The standard InChI is InChI=1S/C13H15F2NO4S/c14-13(15)5-7-16(8-6-13)21(19,20)11-3-1-10(2-4-11)9-12(17)18/h1-4H,5-9H2,(H,17,18).